The maximum atomic E-state index is 5.98. The second kappa shape index (κ2) is 6.69. The van der Waals surface area contributed by atoms with E-state index in [0.29, 0.717) is 28.8 Å². The van der Waals surface area contributed by atoms with Gasteiger partial charge in [-0.2, -0.15) is 0 Å². The van der Waals surface area contributed by atoms with Crippen LogP contribution in [0.3, 0.4) is 0 Å². The second-order valence-corrected chi connectivity index (χ2v) is 5.21. The summed E-state index contributed by atoms with van der Waals surface area (Å²) in [5.41, 5.74) is 8.46. The maximum Gasteiger partial charge on any atom is 0.123 e. The minimum Gasteiger partial charge on any atom is -0.489 e. The Balaban J connectivity index is 2.13. The number of allylic oxidation sites excluding steroid dienone is 1. The van der Waals surface area contributed by atoms with Crippen LogP contribution in [0.2, 0.25) is 10.0 Å². The molecule has 0 aliphatic rings. The van der Waals surface area contributed by atoms with Gasteiger partial charge in [-0.05, 0) is 47.9 Å². The monoisotopic (exact) mass is 307 g/mol. The summed E-state index contributed by atoms with van der Waals surface area (Å²) in [6.45, 7) is 4.16. The Morgan fingerprint density at radius 1 is 1.10 bits per heavy atom. The SMILES string of the molecule is C=CCc1cc(N)ccc1OCc1ccc(Cl)c(Cl)c1. The van der Waals surface area contributed by atoms with Crippen LogP contribution in [0.1, 0.15) is 11.1 Å². The average Bonchev–Trinajstić information content (AvgIpc) is 2.42. The summed E-state index contributed by atoms with van der Waals surface area (Å²) < 4.78 is 5.82. The summed E-state index contributed by atoms with van der Waals surface area (Å²) in [4.78, 5) is 0. The summed E-state index contributed by atoms with van der Waals surface area (Å²) in [5, 5.41) is 1.06. The van der Waals surface area contributed by atoms with Crippen molar-refractivity contribution in [3.8, 4) is 5.75 Å². The number of nitrogen functional groups attached to an aromatic ring is 1. The van der Waals surface area contributed by atoms with Crippen molar-refractivity contribution in [1.29, 1.82) is 0 Å². The van der Waals surface area contributed by atoms with Crippen LogP contribution in [0.15, 0.2) is 49.1 Å². The Morgan fingerprint density at radius 2 is 1.90 bits per heavy atom. The Hall–Kier alpha value is -1.64. The molecule has 2 aromatic carbocycles. The van der Waals surface area contributed by atoms with E-state index in [9.17, 15) is 0 Å². The van der Waals surface area contributed by atoms with Crippen LogP contribution in [-0.4, -0.2) is 0 Å². The van der Waals surface area contributed by atoms with Crippen molar-refractivity contribution in [3.63, 3.8) is 0 Å². The molecular weight excluding hydrogens is 293 g/mol. The van der Waals surface area contributed by atoms with E-state index in [2.05, 4.69) is 6.58 Å². The summed E-state index contributed by atoms with van der Waals surface area (Å²) in [6, 6.07) is 11.0. The van der Waals surface area contributed by atoms with Crippen LogP contribution in [0.4, 0.5) is 5.69 Å². The molecule has 20 heavy (non-hydrogen) atoms. The van der Waals surface area contributed by atoms with Crippen molar-refractivity contribution >= 4 is 28.9 Å². The highest BCUT2D eigenvalue weighted by Gasteiger charge is 2.05. The molecule has 0 amide bonds. The molecule has 0 aromatic heterocycles. The van der Waals surface area contributed by atoms with E-state index in [0.717, 1.165) is 16.9 Å². The number of rotatable bonds is 5. The first-order valence-electron chi connectivity index (χ1n) is 6.16. The zero-order valence-corrected chi connectivity index (χ0v) is 12.4. The van der Waals surface area contributed by atoms with Crippen LogP contribution < -0.4 is 10.5 Å². The van der Waals surface area contributed by atoms with Gasteiger partial charge in [0.1, 0.15) is 12.4 Å². The lowest BCUT2D eigenvalue weighted by Crippen LogP contribution is -1.99. The van der Waals surface area contributed by atoms with E-state index in [1.54, 1.807) is 12.1 Å². The van der Waals surface area contributed by atoms with Crippen molar-refractivity contribution in [2.75, 3.05) is 5.73 Å². The van der Waals surface area contributed by atoms with Gasteiger partial charge in [-0.1, -0.05) is 35.3 Å². The standard InChI is InChI=1S/C16H15Cl2NO/c1-2-3-12-9-13(19)5-7-16(12)20-10-11-4-6-14(17)15(18)8-11/h2,4-9H,1,3,10,19H2. The Labute approximate surface area is 128 Å². The Kier molecular flexibility index (Phi) is 4.94. The smallest absolute Gasteiger partial charge is 0.123 e. The van der Waals surface area contributed by atoms with E-state index in [1.165, 1.54) is 0 Å². The fourth-order valence-corrected chi connectivity index (χ4v) is 2.17. The third-order valence-electron chi connectivity index (χ3n) is 2.83. The highest BCUT2D eigenvalue weighted by molar-refractivity contribution is 6.42. The van der Waals surface area contributed by atoms with Crippen LogP contribution >= 0.6 is 23.2 Å². The molecule has 2 nitrogen and oxygen atoms in total. The molecule has 2 N–H and O–H groups in total. The zero-order valence-electron chi connectivity index (χ0n) is 10.9. The third kappa shape index (κ3) is 3.69. The molecule has 0 aliphatic heterocycles. The Bertz CT molecular complexity index is 626. The number of hydrogen-bond donors (Lipinski definition) is 1. The number of hydrogen-bond acceptors (Lipinski definition) is 2. The molecule has 0 saturated heterocycles. The van der Waals surface area contributed by atoms with Gasteiger partial charge < -0.3 is 10.5 Å². The fourth-order valence-electron chi connectivity index (χ4n) is 1.85. The Morgan fingerprint density at radius 3 is 2.60 bits per heavy atom. The molecule has 0 atom stereocenters. The van der Waals surface area contributed by atoms with Gasteiger partial charge in [0, 0.05) is 5.69 Å². The van der Waals surface area contributed by atoms with Gasteiger partial charge in [0.25, 0.3) is 0 Å². The van der Waals surface area contributed by atoms with Gasteiger partial charge >= 0.3 is 0 Å². The van der Waals surface area contributed by atoms with Crippen LogP contribution in [0, 0.1) is 0 Å². The first-order valence-corrected chi connectivity index (χ1v) is 6.92. The predicted octanol–water partition coefficient (Wildman–Crippen LogP) is 4.88. The quantitative estimate of drug-likeness (QED) is 0.631. The molecule has 0 bridgehead atoms. The average molecular weight is 308 g/mol. The van der Waals surface area contributed by atoms with Crippen molar-refractivity contribution in [1.82, 2.24) is 0 Å². The molecule has 0 spiro atoms. The molecule has 0 fully saturated rings. The molecule has 0 saturated carbocycles. The fraction of sp³-hybridized carbons (Fsp3) is 0.125. The van der Waals surface area contributed by atoms with Crippen molar-refractivity contribution < 1.29 is 4.74 Å². The molecule has 104 valence electrons. The van der Waals surface area contributed by atoms with Gasteiger partial charge in [-0.3, -0.25) is 0 Å². The van der Waals surface area contributed by atoms with Crippen molar-refractivity contribution in [2.45, 2.75) is 13.0 Å². The molecule has 0 aliphatic carbocycles. The van der Waals surface area contributed by atoms with E-state index in [1.807, 2.05) is 30.3 Å². The van der Waals surface area contributed by atoms with Gasteiger partial charge in [-0.25, -0.2) is 0 Å². The lowest BCUT2D eigenvalue weighted by atomic mass is 10.1. The lowest BCUT2D eigenvalue weighted by Gasteiger charge is -2.11. The van der Waals surface area contributed by atoms with Crippen LogP contribution in [0.5, 0.6) is 5.75 Å². The van der Waals surface area contributed by atoms with Gasteiger partial charge in [-0.15, -0.1) is 6.58 Å². The molecular formula is C16H15Cl2NO. The summed E-state index contributed by atoms with van der Waals surface area (Å²) >= 11 is 11.9. The van der Waals surface area contributed by atoms with E-state index >= 15 is 0 Å². The van der Waals surface area contributed by atoms with Crippen molar-refractivity contribution in [3.05, 3.63) is 70.2 Å². The molecule has 0 radical (unpaired) electrons. The van der Waals surface area contributed by atoms with Crippen molar-refractivity contribution in [2.24, 2.45) is 0 Å². The van der Waals surface area contributed by atoms with Crippen LogP contribution in [-0.2, 0) is 13.0 Å². The highest BCUT2D eigenvalue weighted by atomic mass is 35.5. The predicted molar refractivity (Wildman–Crippen MR) is 85.5 cm³/mol. The molecule has 2 aromatic rings. The summed E-state index contributed by atoms with van der Waals surface area (Å²) in [6.07, 6.45) is 2.53. The second-order valence-electron chi connectivity index (χ2n) is 4.40. The lowest BCUT2D eigenvalue weighted by molar-refractivity contribution is 0.303. The topological polar surface area (TPSA) is 35.2 Å². The summed E-state index contributed by atoms with van der Waals surface area (Å²) in [7, 11) is 0. The van der Waals surface area contributed by atoms with Gasteiger partial charge in [0.15, 0.2) is 0 Å². The molecule has 2 rings (SSSR count). The number of benzene rings is 2. The van der Waals surface area contributed by atoms with E-state index in [4.69, 9.17) is 33.7 Å². The molecule has 0 unspecified atom stereocenters. The normalized spacial score (nSPS) is 10.3. The minimum atomic E-state index is 0.422. The number of anilines is 1. The molecule has 0 heterocycles. The molecule has 4 heteroatoms. The van der Waals surface area contributed by atoms with E-state index in [-0.39, 0.29) is 0 Å². The zero-order chi connectivity index (χ0) is 14.5. The van der Waals surface area contributed by atoms with E-state index < -0.39 is 0 Å². The highest BCUT2D eigenvalue weighted by Crippen LogP contribution is 2.26. The largest absolute Gasteiger partial charge is 0.489 e. The number of ether oxygens (including phenoxy) is 1. The first-order chi connectivity index (χ1) is 9.60. The van der Waals surface area contributed by atoms with Crippen LogP contribution in [0.25, 0.3) is 0 Å². The number of nitrogens with two attached hydrogens (primary N) is 1. The maximum absolute atomic E-state index is 5.98. The summed E-state index contributed by atoms with van der Waals surface area (Å²) in [5.74, 6) is 0.796. The minimum absolute atomic E-state index is 0.422. The first kappa shape index (κ1) is 14.8. The number of halogens is 2. The third-order valence-corrected chi connectivity index (χ3v) is 3.57. The van der Waals surface area contributed by atoms with Gasteiger partial charge in [0.05, 0.1) is 10.0 Å². The van der Waals surface area contributed by atoms with Gasteiger partial charge in [0.2, 0.25) is 0 Å².